The molecule has 0 fully saturated rings. The Bertz CT molecular complexity index is 2480. The Morgan fingerprint density at radius 3 is 1.71 bits per heavy atom. The van der Waals surface area contributed by atoms with Gasteiger partial charge in [0.2, 0.25) is 0 Å². The molecule has 4 nitrogen and oxygen atoms in total. The van der Waals surface area contributed by atoms with Crippen molar-refractivity contribution in [3.05, 3.63) is 182 Å². The van der Waals surface area contributed by atoms with E-state index in [1.807, 2.05) is 36.8 Å². The molecule has 9 aromatic rings. The molecule has 0 atom stereocenters. The summed E-state index contributed by atoms with van der Waals surface area (Å²) in [6.45, 7) is 0. The number of fused-ring (bicyclic) bond motifs is 3. The number of nitrogens with zero attached hydrogens (tertiary/aromatic N) is 4. The van der Waals surface area contributed by atoms with Crippen molar-refractivity contribution in [2.75, 3.05) is 0 Å². The predicted molar refractivity (Wildman–Crippen MR) is 201 cm³/mol. The highest BCUT2D eigenvalue weighted by molar-refractivity contribution is 6.08. The van der Waals surface area contributed by atoms with Crippen molar-refractivity contribution in [3.63, 3.8) is 0 Å². The second-order valence-electron chi connectivity index (χ2n) is 12.2. The van der Waals surface area contributed by atoms with Crippen LogP contribution < -0.4 is 0 Å². The molecule has 0 spiro atoms. The van der Waals surface area contributed by atoms with Crippen LogP contribution in [0, 0.1) is 0 Å². The average molecular weight is 627 g/mol. The van der Waals surface area contributed by atoms with Gasteiger partial charge in [0.1, 0.15) is 0 Å². The molecule has 0 bridgehead atoms. The van der Waals surface area contributed by atoms with Gasteiger partial charge < -0.3 is 4.57 Å². The van der Waals surface area contributed by atoms with Crippen LogP contribution in [-0.4, -0.2) is 19.5 Å². The van der Waals surface area contributed by atoms with Crippen LogP contribution in [0.2, 0.25) is 0 Å². The minimum atomic E-state index is 0.827. The Hall–Kier alpha value is -6.65. The van der Waals surface area contributed by atoms with Crippen LogP contribution in [0.15, 0.2) is 182 Å². The number of para-hydroxylation sites is 1. The summed E-state index contributed by atoms with van der Waals surface area (Å²) in [4.78, 5) is 14.4. The van der Waals surface area contributed by atoms with Crippen molar-refractivity contribution >= 4 is 21.8 Å². The summed E-state index contributed by atoms with van der Waals surface area (Å²) in [5.41, 5.74) is 13.8. The molecule has 9 rings (SSSR count). The van der Waals surface area contributed by atoms with Crippen molar-refractivity contribution in [3.8, 4) is 61.7 Å². The second kappa shape index (κ2) is 12.2. The molecule has 4 heterocycles. The standard InChI is InChI=1S/C45H30N4/c1-3-12-31(13-4-1)34-24-35(32-14-5-2-6-15-32)26-36(25-34)37-28-42(48-43(29-37)41-19-9-10-22-47-41)33-16-11-17-38(27-33)49-44-20-8-7-18-39(44)40-30-46-23-21-45(40)49/h1-30H. The van der Waals surface area contributed by atoms with Gasteiger partial charge in [-0.3, -0.25) is 9.97 Å². The Labute approximate surface area is 284 Å². The number of aromatic nitrogens is 4. The molecular weight excluding hydrogens is 597 g/mol. The van der Waals surface area contributed by atoms with E-state index in [2.05, 4.69) is 155 Å². The number of rotatable bonds is 6. The third-order valence-corrected chi connectivity index (χ3v) is 9.11. The zero-order valence-corrected chi connectivity index (χ0v) is 26.6. The highest BCUT2D eigenvalue weighted by atomic mass is 15.0. The Balaban J connectivity index is 1.25. The van der Waals surface area contributed by atoms with E-state index >= 15 is 0 Å². The fourth-order valence-electron chi connectivity index (χ4n) is 6.78. The summed E-state index contributed by atoms with van der Waals surface area (Å²) in [6.07, 6.45) is 5.64. The van der Waals surface area contributed by atoms with Gasteiger partial charge in [-0.15, -0.1) is 0 Å². The summed E-state index contributed by atoms with van der Waals surface area (Å²) in [6, 6.07) is 57.6. The van der Waals surface area contributed by atoms with Crippen LogP contribution in [0.1, 0.15) is 0 Å². The first-order valence-corrected chi connectivity index (χ1v) is 16.4. The van der Waals surface area contributed by atoms with Crippen molar-refractivity contribution < 1.29 is 0 Å². The fraction of sp³-hybridized carbons (Fsp3) is 0. The molecule has 0 aliphatic rings. The Morgan fingerprint density at radius 1 is 0.367 bits per heavy atom. The van der Waals surface area contributed by atoms with Gasteiger partial charge in [0, 0.05) is 40.6 Å². The van der Waals surface area contributed by atoms with Gasteiger partial charge in [-0.05, 0) is 100 Å². The first kappa shape index (κ1) is 28.6. The van der Waals surface area contributed by atoms with E-state index < -0.39 is 0 Å². The molecule has 0 aliphatic heterocycles. The van der Waals surface area contributed by atoms with Gasteiger partial charge >= 0.3 is 0 Å². The zero-order chi connectivity index (χ0) is 32.6. The van der Waals surface area contributed by atoms with Crippen molar-refractivity contribution in [1.82, 2.24) is 19.5 Å². The Kier molecular flexibility index (Phi) is 7.10. The molecular formula is C45H30N4. The predicted octanol–water partition coefficient (Wildman–Crippen LogP) is 11.3. The molecule has 0 saturated heterocycles. The van der Waals surface area contributed by atoms with Gasteiger partial charge in [-0.2, -0.15) is 0 Å². The summed E-state index contributed by atoms with van der Waals surface area (Å²) in [7, 11) is 0. The number of benzene rings is 5. The van der Waals surface area contributed by atoms with E-state index in [0.717, 1.165) is 67.0 Å². The monoisotopic (exact) mass is 626 g/mol. The molecule has 0 N–H and O–H groups in total. The summed E-state index contributed by atoms with van der Waals surface area (Å²) in [5, 5.41) is 2.31. The third-order valence-electron chi connectivity index (χ3n) is 9.11. The summed E-state index contributed by atoms with van der Waals surface area (Å²) < 4.78 is 2.31. The van der Waals surface area contributed by atoms with Gasteiger partial charge in [-0.1, -0.05) is 97.1 Å². The maximum atomic E-state index is 5.23. The van der Waals surface area contributed by atoms with Gasteiger partial charge in [-0.25, -0.2) is 4.98 Å². The maximum absolute atomic E-state index is 5.23. The van der Waals surface area contributed by atoms with E-state index in [-0.39, 0.29) is 0 Å². The van der Waals surface area contributed by atoms with Gasteiger partial charge in [0.25, 0.3) is 0 Å². The fourth-order valence-corrected chi connectivity index (χ4v) is 6.78. The van der Waals surface area contributed by atoms with E-state index in [4.69, 9.17) is 9.97 Å². The van der Waals surface area contributed by atoms with Crippen LogP contribution in [0.4, 0.5) is 0 Å². The van der Waals surface area contributed by atoms with Crippen molar-refractivity contribution in [2.24, 2.45) is 0 Å². The lowest BCUT2D eigenvalue weighted by atomic mass is 9.92. The molecule has 0 unspecified atom stereocenters. The molecule has 0 amide bonds. The SMILES string of the molecule is c1ccc(-c2cc(-c3ccccc3)cc(-c3cc(-c4cccc(-n5c6ccccc6c6cnccc65)c4)nc(-c4ccccn4)c3)c2)cc1. The largest absolute Gasteiger partial charge is 0.309 e. The quantitative estimate of drug-likeness (QED) is 0.184. The normalized spacial score (nSPS) is 11.3. The third kappa shape index (κ3) is 5.35. The van der Waals surface area contributed by atoms with Gasteiger partial charge in [0.15, 0.2) is 0 Å². The zero-order valence-electron chi connectivity index (χ0n) is 26.6. The lowest BCUT2D eigenvalue weighted by Gasteiger charge is -2.14. The minimum Gasteiger partial charge on any atom is -0.309 e. The average Bonchev–Trinajstić information content (AvgIpc) is 3.53. The molecule has 0 saturated carbocycles. The molecule has 4 aromatic heterocycles. The molecule has 0 aliphatic carbocycles. The van der Waals surface area contributed by atoms with E-state index in [1.165, 1.54) is 16.5 Å². The molecule has 230 valence electrons. The van der Waals surface area contributed by atoms with Gasteiger partial charge in [0.05, 0.1) is 28.1 Å². The van der Waals surface area contributed by atoms with E-state index in [9.17, 15) is 0 Å². The van der Waals surface area contributed by atoms with Crippen LogP contribution in [-0.2, 0) is 0 Å². The molecule has 49 heavy (non-hydrogen) atoms. The van der Waals surface area contributed by atoms with Crippen LogP contribution in [0.5, 0.6) is 0 Å². The highest BCUT2D eigenvalue weighted by Crippen LogP contribution is 2.37. The van der Waals surface area contributed by atoms with Crippen LogP contribution in [0.3, 0.4) is 0 Å². The number of pyridine rings is 3. The van der Waals surface area contributed by atoms with Crippen molar-refractivity contribution in [2.45, 2.75) is 0 Å². The summed E-state index contributed by atoms with van der Waals surface area (Å²) in [5.74, 6) is 0. The number of hydrogen-bond donors (Lipinski definition) is 0. The lowest BCUT2D eigenvalue weighted by molar-refractivity contribution is 1.17. The molecule has 4 heteroatoms. The topological polar surface area (TPSA) is 43.6 Å². The second-order valence-corrected chi connectivity index (χ2v) is 12.2. The smallest absolute Gasteiger partial charge is 0.0899 e. The number of hydrogen-bond acceptors (Lipinski definition) is 3. The van der Waals surface area contributed by atoms with Crippen LogP contribution in [0.25, 0.3) is 83.5 Å². The summed E-state index contributed by atoms with van der Waals surface area (Å²) >= 11 is 0. The Morgan fingerprint density at radius 2 is 0.980 bits per heavy atom. The first-order chi connectivity index (χ1) is 24.3. The van der Waals surface area contributed by atoms with E-state index in [0.29, 0.717) is 0 Å². The van der Waals surface area contributed by atoms with E-state index in [1.54, 1.807) is 0 Å². The maximum Gasteiger partial charge on any atom is 0.0899 e. The minimum absolute atomic E-state index is 0.827. The first-order valence-electron chi connectivity index (χ1n) is 16.4. The van der Waals surface area contributed by atoms with Crippen LogP contribution >= 0.6 is 0 Å². The van der Waals surface area contributed by atoms with Crippen molar-refractivity contribution in [1.29, 1.82) is 0 Å². The molecule has 0 radical (unpaired) electrons. The lowest BCUT2D eigenvalue weighted by Crippen LogP contribution is -1.96. The molecule has 5 aromatic carbocycles. The highest BCUT2D eigenvalue weighted by Gasteiger charge is 2.15.